The van der Waals surface area contributed by atoms with Crippen LogP contribution < -0.4 is 16.0 Å². The maximum atomic E-state index is 12.2. The van der Waals surface area contributed by atoms with Crippen molar-refractivity contribution >= 4 is 11.6 Å². The van der Waals surface area contributed by atoms with E-state index in [9.17, 15) is 4.79 Å². The summed E-state index contributed by atoms with van der Waals surface area (Å²) >= 11 is 0. The number of amides is 1. The van der Waals surface area contributed by atoms with Crippen LogP contribution in [-0.2, 0) is 0 Å². The smallest absolute Gasteiger partial charge is 0.251 e. The van der Waals surface area contributed by atoms with Gasteiger partial charge in [-0.25, -0.2) is 0 Å². The second-order valence-corrected chi connectivity index (χ2v) is 6.96. The standard InChI is InChI=1S/C17H27N3O/c1-11-12(2)20-15-7-6-13(10-14(11)15)16(21)18-8-9-19-17(3,4)5/h6-7,10-12,19-20H,8-9H2,1-5H3,(H,18,21). The van der Waals surface area contributed by atoms with Gasteiger partial charge in [0.1, 0.15) is 0 Å². The van der Waals surface area contributed by atoms with E-state index in [2.05, 4.69) is 50.6 Å². The summed E-state index contributed by atoms with van der Waals surface area (Å²) in [6.07, 6.45) is 0. The van der Waals surface area contributed by atoms with Crippen LogP contribution in [0.15, 0.2) is 18.2 Å². The molecule has 0 bridgehead atoms. The SMILES string of the molecule is CC1Nc2ccc(C(=O)NCCNC(C)(C)C)cc2C1C. The predicted molar refractivity (Wildman–Crippen MR) is 88.0 cm³/mol. The van der Waals surface area contributed by atoms with Crippen LogP contribution in [0.2, 0.25) is 0 Å². The van der Waals surface area contributed by atoms with Gasteiger partial charge in [0.25, 0.3) is 5.91 Å². The topological polar surface area (TPSA) is 53.2 Å². The molecule has 2 rings (SSSR count). The van der Waals surface area contributed by atoms with Gasteiger partial charge < -0.3 is 16.0 Å². The highest BCUT2D eigenvalue weighted by atomic mass is 16.1. The molecule has 1 aliphatic rings. The summed E-state index contributed by atoms with van der Waals surface area (Å²) in [5.41, 5.74) is 3.21. The third-order valence-electron chi connectivity index (χ3n) is 4.00. The first kappa shape index (κ1) is 15.8. The lowest BCUT2D eigenvalue weighted by Crippen LogP contribution is -2.41. The highest BCUT2D eigenvalue weighted by Gasteiger charge is 2.25. The molecule has 4 heteroatoms. The van der Waals surface area contributed by atoms with Crippen LogP contribution in [0.3, 0.4) is 0 Å². The largest absolute Gasteiger partial charge is 0.382 e. The second kappa shape index (κ2) is 6.06. The summed E-state index contributed by atoms with van der Waals surface area (Å²) in [6.45, 7) is 12.1. The molecule has 1 amide bonds. The normalized spacial score (nSPS) is 20.8. The molecule has 1 aromatic carbocycles. The van der Waals surface area contributed by atoms with Gasteiger partial charge in [0.2, 0.25) is 0 Å². The lowest BCUT2D eigenvalue weighted by atomic mass is 9.96. The third kappa shape index (κ3) is 3.97. The maximum Gasteiger partial charge on any atom is 0.251 e. The zero-order valence-electron chi connectivity index (χ0n) is 13.7. The number of benzene rings is 1. The van der Waals surface area contributed by atoms with E-state index in [1.807, 2.05) is 18.2 Å². The number of rotatable bonds is 4. The van der Waals surface area contributed by atoms with Crippen molar-refractivity contribution in [3.8, 4) is 0 Å². The molecule has 0 saturated heterocycles. The second-order valence-electron chi connectivity index (χ2n) is 6.96. The van der Waals surface area contributed by atoms with Crippen LogP contribution in [0.4, 0.5) is 5.69 Å². The summed E-state index contributed by atoms with van der Waals surface area (Å²) in [5.74, 6) is 0.440. The summed E-state index contributed by atoms with van der Waals surface area (Å²) < 4.78 is 0. The quantitative estimate of drug-likeness (QED) is 0.747. The van der Waals surface area contributed by atoms with E-state index in [0.29, 0.717) is 18.5 Å². The van der Waals surface area contributed by atoms with Gasteiger partial charge in [-0.2, -0.15) is 0 Å². The highest BCUT2D eigenvalue weighted by molar-refractivity contribution is 5.95. The molecule has 0 fully saturated rings. The fourth-order valence-corrected chi connectivity index (χ4v) is 2.57. The van der Waals surface area contributed by atoms with Gasteiger partial charge in [-0.15, -0.1) is 0 Å². The predicted octanol–water partition coefficient (Wildman–Crippen LogP) is 2.72. The lowest BCUT2D eigenvalue weighted by Gasteiger charge is -2.20. The van der Waals surface area contributed by atoms with Crippen molar-refractivity contribution in [3.05, 3.63) is 29.3 Å². The zero-order chi connectivity index (χ0) is 15.6. The molecule has 3 N–H and O–H groups in total. The van der Waals surface area contributed by atoms with E-state index >= 15 is 0 Å². The van der Waals surface area contributed by atoms with Crippen molar-refractivity contribution in [1.82, 2.24) is 10.6 Å². The van der Waals surface area contributed by atoms with Crippen LogP contribution in [-0.4, -0.2) is 30.6 Å². The number of hydrogen-bond acceptors (Lipinski definition) is 3. The molecule has 1 aliphatic heterocycles. The van der Waals surface area contributed by atoms with Crippen molar-refractivity contribution in [3.63, 3.8) is 0 Å². The van der Waals surface area contributed by atoms with Gasteiger partial charge in [-0.05, 0) is 51.5 Å². The average Bonchev–Trinajstić information content (AvgIpc) is 2.69. The fourth-order valence-electron chi connectivity index (χ4n) is 2.57. The minimum atomic E-state index is 0.000243. The van der Waals surface area contributed by atoms with E-state index < -0.39 is 0 Å². The highest BCUT2D eigenvalue weighted by Crippen LogP contribution is 2.35. The molecule has 0 aromatic heterocycles. The van der Waals surface area contributed by atoms with Crippen molar-refractivity contribution in [2.75, 3.05) is 18.4 Å². The molecule has 1 heterocycles. The van der Waals surface area contributed by atoms with Gasteiger partial charge in [0.05, 0.1) is 0 Å². The lowest BCUT2D eigenvalue weighted by molar-refractivity contribution is 0.0953. The third-order valence-corrected chi connectivity index (χ3v) is 4.00. The molecule has 0 spiro atoms. The zero-order valence-corrected chi connectivity index (χ0v) is 13.7. The van der Waals surface area contributed by atoms with Crippen molar-refractivity contribution < 1.29 is 4.79 Å². The molecular weight excluding hydrogens is 262 g/mol. The Morgan fingerprint density at radius 2 is 1.95 bits per heavy atom. The fraction of sp³-hybridized carbons (Fsp3) is 0.588. The Morgan fingerprint density at radius 1 is 1.24 bits per heavy atom. The van der Waals surface area contributed by atoms with Crippen LogP contribution >= 0.6 is 0 Å². The Hall–Kier alpha value is -1.55. The molecule has 21 heavy (non-hydrogen) atoms. The molecule has 0 radical (unpaired) electrons. The Kier molecular flexibility index (Phi) is 4.57. The molecule has 2 atom stereocenters. The van der Waals surface area contributed by atoms with Crippen molar-refractivity contribution in [2.24, 2.45) is 0 Å². The Bertz CT molecular complexity index is 519. The first-order chi connectivity index (χ1) is 9.78. The number of carbonyl (C=O) groups excluding carboxylic acids is 1. The minimum absolute atomic E-state index is 0.000243. The van der Waals surface area contributed by atoms with Crippen LogP contribution in [0, 0.1) is 0 Å². The van der Waals surface area contributed by atoms with Gasteiger partial charge in [0, 0.05) is 41.8 Å². The van der Waals surface area contributed by atoms with Gasteiger partial charge in [-0.3, -0.25) is 4.79 Å². The molecule has 0 saturated carbocycles. The molecular formula is C17H27N3O. The number of hydrogen-bond donors (Lipinski definition) is 3. The van der Waals surface area contributed by atoms with E-state index in [0.717, 1.165) is 17.8 Å². The average molecular weight is 289 g/mol. The van der Waals surface area contributed by atoms with Crippen LogP contribution in [0.1, 0.15) is 56.5 Å². The Labute approximate surface area is 127 Å². The monoisotopic (exact) mass is 289 g/mol. The number of carbonyl (C=O) groups is 1. The number of anilines is 1. The number of fused-ring (bicyclic) bond motifs is 1. The summed E-state index contributed by atoms with van der Waals surface area (Å²) in [5, 5.41) is 9.77. The van der Waals surface area contributed by atoms with Crippen molar-refractivity contribution in [2.45, 2.75) is 52.1 Å². The first-order valence-electron chi connectivity index (χ1n) is 7.71. The molecule has 4 nitrogen and oxygen atoms in total. The van der Waals surface area contributed by atoms with Gasteiger partial charge in [-0.1, -0.05) is 6.92 Å². The van der Waals surface area contributed by atoms with Gasteiger partial charge >= 0.3 is 0 Å². The van der Waals surface area contributed by atoms with E-state index in [4.69, 9.17) is 0 Å². The molecule has 0 aliphatic carbocycles. The van der Waals surface area contributed by atoms with Gasteiger partial charge in [0.15, 0.2) is 0 Å². The van der Waals surface area contributed by atoms with E-state index in [1.165, 1.54) is 5.56 Å². The molecule has 1 aromatic rings. The summed E-state index contributed by atoms with van der Waals surface area (Å²) in [6, 6.07) is 6.35. The molecule has 2 unspecified atom stereocenters. The van der Waals surface area contributed by atoms with E-state index in [-0.39, 0.29) is 11.4 Å². The summed E-state index contributed by atoms with van der Waals surface area (Å²) in [7, 11) is 0. The Balaban J connectivity index is 1.92. The Morgan fingerprint density at radius 3 is 2.62 bits per heavy atom. The maximum absolute atomic E-state index is 12.2. The van der Waals surface area contributed by atoms with E-state index in [1.54, 1.807) is 0 Å². The van der Waals surface area contributed by atoms with Crippen molar-refractivity contribution in [1.29, 1.82) is 0 Å². The molecule has 116 valence electrons. The van der Waals surface area contributed by atoms with Crippen LogP contribution in [0.5, 0.6) is 0 Å². The first-order valence-corrected chi connectivity index (χ1v) is 7.71. The number of nitrogens with one attached hydrogen (secondary N) is 3. The minimum Gasteiger partial charge on any atom is -0.382 e. The summed E-state index contributed by atoms with van der Waals surface area (Å²) in [4.78, 5) is 12.2. The van der Waals surface area contributed by atoms with Crippen LogP contribution in [0.25, 0.3) is 0 Å².